The van der Waals surface area contributed by atoms with Crippen molar-refractivity contribution in [3.63, 3.8) is 0 Å². The van der Waals surface area contributed by atoms with E-state index in [1.807, 2.05) is 6.07 Å². The van der Waals surface area contributed by atoms with E-state index in [0.717, 1.165) is 0 Å². The van der Waals surface area contributed by atoms with Crippen molar-refractivity contribution in [3.05, 3.63) is 0 Å². The predicted molar refractivity (Wildman–Crippen MR) is 33.4 cm³/mol. The Balaban J connectivity index is 2.97. The smallest absolute Gasteiger partial charge is 0.185 e. The minimum absolute atomic E-state index is 0.0836. The van der Waals surface area contributed by atoms with Crippen LogP contribution in [0.25, 0.3) is 0 Å². The first kappa shape index (κ1) is 7.51. The highest BCUT2D eigenvalue weighted by atomic mass is 32.2. The number of thioether (sulfide) groups is 1. The maximum atomic E-state index is 10.2. The molecule has 0 saturated heterocycles. The van der Waals surface area contributed by atoms with Gasteiger partial charge < -0.3 is 0 Å². The van der Waals surface area contributed by atoms with Crippen LogP contribution in [0.15, 0.2) is 0 Å². The Morgan fingerprint density at radius 3 is 2.88 bits per heavy atom. The molecule has 0 unspecified atom stereocenters. The molecule has 0 atom stereocenters. The fraction of sp³-hybridized carbons (Fsp3) is 0.600. The summed E-state index contributed by atoms with van der Waals surface area (Å²) in [5.41, 5.74) is 0. The predicted octanol–water partition coefficient (Wildman–Crippen LogP) is 1.18. The van der Waals surface area contributed by atoms with Gasteiger partial charge in [-0.2, -0.15) is 5.26 Å². The monoisotopic (exact) mass is 129 g/mol. The molecule has 0 aliphatic heterocycles. The number of carbonyl (C=O) groups is 1. The second-order valence-corrected chi connectivity index (χ2v) is 2.52. The molecule has 3 heteroatoms. The standard InChI is InChI=1S/C5H7NOS/c1-5(7)8-4-2-3-6/h2,4H2,1H3. The number of hydrogen-bond donors (Lipinski definition) is 0. The molecule has 8 heavy (non-hydrogen) atoms. The molecule has 2 nitrogen and oxygen atoms in total. The molecule has 0 N–H and O–H groups in total. The molecule has 44 valence electrons. The fourth-order valence-electron chi connectivity index (χ4n) is 0.240. The maximum Gasteiger partial charge on any atom is 0.185 e. The minimum Gasteiger partial charge on any atom is -0.288 e. The molecule has 0 radical (unpaired) electrons. The van der Waals surface area contributed by atoms with Crippen molar-refractivity contribution in [2.75, 3.05) is 5.75 Å². The van der Waals surface area contributed by atoms with E-state index in [9.17, 15) is 4.79 Å². The van der Waals surface area contributed by atoms with Gasteiger partial charge in [-0.25, -0.2) is 0 Å². The van der Waals surface area contributed by atoms with Crippen LogP contribution in [-0.4, -0.2) is 10.9 Å². The summed E-state index contributed by atoms with van der Waals surface area (Å²) in [6, 6.07) is 1.95. The topological polar surface area (TPSA) is 40.9 Å². The van der Waals surface area contributed by atoms with Gasteiger partial charge in [-0.15, -0.1) is 0 Å². The molecule has 0 spiro atoms. The van der Waals surface area contributed by atoms with E-state index in [0.29, 0.717) is 12.2 Å². The van der Waals surface area contributed by atoms with Crippen LogP contribution >= 0.6 is 11.8 Å². The van der Waals surface area contributed by atoms with Crippen molar-refractivity contribution in [2.45, 2.75) is 13.3 Å². The number of nitrogens with zero attached hydrogens (tertiary/aromatic N) is 1. The quantitative estimate of drug-likeness (QED) is 0.526. The Labute approximate surface area is 52.9 Å². The lowest BCUT2D eigenvalue weighted by Crippen LogP contribution is -1.83. The zero-order valence-corrected chi connectivity index (χ0v) is 5.49. The first-order chi connectivity index (χ1) is 3.77. The molecule has 0 saturated carbocycles. The van der Waals surface area contributed by atoms with Crippen LogP contribution < -0.4 is 0 Å². The highest BCUT2D eigenvalue weighted by Crippen LogP contribution is 2.01. The highest BCUT2D eigenvalue weighted by molar-refractivity contribution is 8.13. The molecule has 0 rings (SSSR count). The summed E-state index contributed by atoms with van der Waals surface area (Å²) in [6.07, 6.45) is 0.463. The van der Waals surface area contributed by atoms with Gasteiger partial charge in [0.1, 0.15) is 0 Å². The lowest BCUT2D eigenvalue weighted by atomic mass is 10.6. The second-order valence-electron chi connectivity index (χ2n) is 1.25. The van der Waals surface area contributed by atoms with E-state index in [1.54, 1.807) is 0 Å². The van der Waals surface area contributed by atoms with Gasteiger partial charge in [0, 0.05) is 19.1 Å². The largest absolute Gasteiger partial charge is 0.288 e. The first-order valence-corrected chi connectivity index (χ1v) is 3.26. The van der Waals surface area contributed by atoms with Crippen LogP contribution in [0.1, 0.15) is 13.3 Å². The van der Waals surface area contributed by atoms with Crippen molar-refractivity contribution in [2.24, 2.45) is 0 Å². The van der Waals surface area contributed by atoms with Gasteiger partial charge in [0.2, 0.25) is 0 Å². The van der Waals surface area contributed by atoms with Crippen molar-refractivity contribution < 1.29 is 4.79 Å². The van der Waals surface area contributed by atoms with E-state index < -0.39 is 0 Å². The Hall–Kier alpha value is -0.490. The average molecular weight is 129 g/mol. The van der Waals surface area contributed by atoms with E-state index in [1.165, 1.54) is 18.7 Å². The van der Waals surface area contributed by atoms with Gasteiger partial charge in [0.25, 0.3) is 0 Å². The molecule has 0 aromatic heterocycles. The van der Waals surface area contributed by atoms with Gasteiger partial charge in [-0.1, -0.05) is 11.8 Å². The minimum atomic E-state index is 0.0836. The summed E-state index contributed by atoms with van der Waals surface area (Å²) in [5, 5.41) is 8.09. The Kier molecular flexibility index (Phi) is 4.38. The lowest BCUT2D eigenvalue weighted by Gasteiger charge is -1.85. The molecule has 0 aromatic carbocycles. The molecule has 0 aliphatic rings. The fourth-order valence-corrected chi connectivity index (χ4v) is 0.721. The zero-order valence-electron chi connectivity index (χ0n) is 4.68. The summed E-state index contributed by atoms with van der Waals surface area (Å²) in [6.45, 7) is 1.50. The van der Waals surface area contributed by atoms with Crippen LogP contribution in [0.4, 0.5) is 0 Å². The molecule has 0 fully saturated rings. The summed E-state index contributed by atoms with van der Waals surface area (Å²) in [5.74, 6) is 0.631. The van der Waals surface area contributed by atoms with Crippen LogP contribution in [0.2, 0.25) is 0 Å². The summed E-state index contributed by atoms with van der Waals surface area (Å²) >= 11 is 1.19. The van der Waals surface area contributed by atoms with Gasteiger partial charge in [0.15, 0.2) is 5.12 Å². The number of rotatable bonds is 2. The van der Waals surface area contributed by atoms with Crippen molar-refractivity contribution >= 4 is 16.9 Å². The van der Waals surface area contributed by atoms with Gasteiger partial charge >= 0.3 is 0 Å². The summed E-state index contributed by atoms with van der Waals surface area (Å²) in [4.78, 5) is 10.2. The van der Waals surface area contributed by atoms with Crippen LogP contribution in [0.5, 0.6) is 0 Å². The molecule has 0 aliphatic carbocycles. The third-order valence-corrected chi connectivity index (χ3v) is 1.33. The van der Waals surface area contributed by atoms with Gasteiger partial charge in [0.05, 0.1) is 6.07 Å². The van der Waals surface area contributed by atoms with E-state index in [4.69, 9.17) is 5.26 Å². The van der Waals surface area contributed by atoms with E-state index in [2.05, 4.69) is 0 Å². The van der Waals surface area contributed by atoms with Crippen molar-refractivity contribution in [1.82, 2.24) is 0 Å². The second kappa shape index (κ2) is 4.66. The molecular weight excluding hydrogens is 122 g/mol. The third kappa shape index (κ3) is 5.51. The molecule has 0 bridgehead atoms. The molecule has 0 heterocycles. The zero-order chi connectivity index (χ0) is 6.41. The normalized spacial score (nSPS) is 8.00. The SMILES string of the molecule is CC(=O)SCCC#N. The summed E-state index contributed by atoms with van der Waals surface area (Å²) < 4.78 is 0. The Bertz CT molecular complexity index is 116. The lowest BCUT2D eigenvalue weighted by molar-refractivity contribution is -0.109. The van der Waals surface area contributed by atoms with Crippen molar-refractivity contribution in [1.29, 1.82) is 5.26 Å². The number of carbonyl (C=O) groups excluding carboxylic acids is 1. The van der Waals surface area contributed by atoms with Gasteiger partial charge in [-0.05, 0) is 0 Å². The van der Waals surface area contributed by atoms with Crippen LogP contribution in [0.3, 0.4) is 0 Å². The number of nitriles is 1. The highest BCUT2D eigenvalue weighted by Gasteiger charge is 1.90. The molecular formula is C5H7NOS. The Morgan fingerprint density at radius 1 is 1.88 bits per heavy atom. The van der Waals surface area contributed by atoms with E-state index >= 15 is 0 Å². The van der Waals surface area contributed by atoms with Crippen molar-refractivity contribution in [3.8, 4) is 6.07 Å². The first-order valence-electron chi connectivity index (χ1n) is 2.27. The Morgan fingerprint density at radius 2 is 2.50 bits per heavy atom. The third-order valence-electron chi connectivity index (χ3n) is 0.519. The molecule has 0 amide bonds. The van der Waals surface area contributed by atoms with E-state index in [-0.39, 0.29) is 5.12 Å². The summed E-state index contributed by atoms with van der Waals surface area (Å²) in [7, 11) is 0. The van der Waals surface area contributed by atoms with Crippen LogP contribution in [-0.2, 0) is 4.79 Å². The van der Waals surface area contributed by atoms with Gasteiger partial charge in [-0.3, -0.25) is 4.79 Å². The average Bonchev–Trinajstić information content (AvgIpc) is 1.66. The molecule has 0 aromatic rings. The van der Waals surface area contributed by atoms with Crippen LogP contribution in [0, 0.1) is 11.3 Å². The number of hydrogen-bond acceptors (Lipinski definition) is 3. The maximum absolute atomic E-state index is 10.2.